The van der Waals surface area contributed by atoms with Crippen molar-refractivity contribution >= 4 is 22.9 Å². The summed E-state index contributed by atoms with van der Waals surface area (Å²) in [5, 5.41) is 5.80. The first-order valence-corrected chi connectivity index (χ1v) is 7.16. The molecule has 0 bridgehead atoms. The quantitative estimate of drug-likeness (QED) is 0.903. The molecule has 1 amide bonds. The number of nitrogens with zero attached hydrogens (tertiary/aromatic N) is 1. The predicted molar refractivity (Wildman–Crippen MR) is 76.9 cm³/mol. The van der Waals surface area contributed by atoms with E-state index in [1.807, 2.05) is 29.6 Å². The molecule has 1 aliphatic carbocycles. The average molecular weight is 273 g/mol. The summed E-state index contributed by atoms with van der Waals surface area (Å²) in [4.78, 5) is 16.2. The molecular formula is C14H15N3OS. The highest BCUT2D eigenvalue weighted by Crippen LogP contribution is 2.30. The first kappa shape index (κ1) is 12.3. The van der Waals surface area contributed by atoms with Crippen LogP contribution in [-0.2, 0) is 4.79 Å². The molecule has 19 heavy (non-hydrogen) atoms. The van der Waals surface area contributed by atoms with Gasteiger partial charge in [-0.2, -0.15) is 0 Å². The number of rotatable bonds is 3. The zero-order valence-electron chi connectivity index (χ0n) is 10.4. The smallest absolute Gasteiger partial charge is 0.244 e. The fourth-order valence-electron chi connectivity index (χ4n) is 2.10. The summed E-state index contributed by atoms with van der Waals surface area (Å²) in [6.07, 6.45) is 4.36. The Morgan fingerprint density at radius 1 is 1.32 bits per heavy atom. The highest BCUT2D eigenvalue weighted by atomic mass is 32.1. The van der Waals surface area contributed by atoms with Gasteiger partial charge in [-0.1, -0.05) is 0 Å². The van der Waals surface area contributed by atoms with E-state index < -0.39 is 5.54 Å². The Labute approximate surface area is 115 Å². The van der Waals surface area contributed by atoms with Crippen molar-refractivity contribution in [1.82, 2.24) is 4.98 Å². The SMILES string of the molecule is NC1(C(=O)Nc2ccc(-c3nccs3)cc2)CCC1. The van der Waals surface area contributed by atoms with Crippen molar-refractivity contribution in [2.75, 3.05) is 5.32 Å². The third-order valence-corrected chi connectivity index (χ3v) is 4.34. The van der Waals surface area contributed by atoms with E-state index in [-0.39, 0.29) is 5.91 Å². The van der Waals surface area contributed by atoms with E-state index in [0.717, 1.165) is 35.5 Å². The van der Waals surface area contributed by atoms with E-state index in [1.165, 1.54) is 0 Å². The normalized spacial score (nSPS) is 16.7. The summed E-state index contributed by atoms with van der Waals surface area (Å²) in [5.41, 5.74) is 7.16. The summed E-state index contributed by atoms with van der Waals surface area (Å²) in [7, 11) is 0. The van der Waals surface area contributed by atoms with Crippen LogP contribution in [0.15, 0.2) is 35.8 Å². The topological polar surface area (TPSA) is 68.0 Å². The van der Waals surface area contributed by atoms with E-state index in [1.54, 1.807) is 17.5 Å². The van der Waals surface area contributed by atoms with Gasteiger partial charge in [0.2, 0.25) is 5.91 Å². The molecule has 1 saturated carbocycles. The fourth-order valence-corrected chi connectivity index (χ4v) is 2.75. The number of aromatic nitrogens is 1. The van der Waals surface area contributed by atoms with Crippen LogP contribution in [0.4, 0.5) is 5.69 Å². The zero-order chi connectivity index (χ0) is 13.3. The van der Waals surface area contributed by atoms with Crippen molar-refractivity contribution in [3.63, 3.8) is 0 Å². The van der Waals surface area contributed by atoms with E-state index in [9.17, 15) is 4.79 Å². The molecule has 1 aromatic heterocycles. The minimum atomic E-state index is -0.659. The van der Waals surface area contributed by atoms with E-state index >= 15 is 0 Å². The number of thiazole rings is 1. The molecule has 2 aromatic rings. The maximum Gasteiger partial charge on any atom is 0.244 e. The van der Waals surface area contributed by atoms with Crippen LogP contribution in [0, 0.1) is 0 Å². The Kier molecular flexibility index (Phi) is 3.08. The molecule has 0 atom stereocenters. The van der Waals surface area contributed by atoms with E-state index in [4.69, 9.17) is 5.73 Å². The Morgan fingerprint density at radius 3 is 2.58 bits per heavy atom. The number of anilines is 1. The molecule has 3 N–H and O–H groups in total. The van der Waals surface area contributed by atoms with E-state index in [2.05, 4.69) is 10.3 Å². The number of hydrogen-bond donors (Lipinski definition) is 2. The Hall–Kier alpha value is -1.72. The van der Waals surface area contributed by atoms with E-state index in [0.29, 0.717) is 0 Å². The highest BCUT2D eigenvalue weighted by Gasteiger charge is 2.40. The molecule has 0 spiro atoms. The van der Waals surface area contributed by atoms with Crippen LogP contribution in [-0.4, -0.2) is 16.4 Å². The van der Waals surface area contributed by atoms with Crippen LogP contribution in [0.25, 0.3) is 10.6 Å². The van der Waals surface area contributed by atoms with Crippen molar-refractivity contribution in [3.05, 3.63) is 35.8 Å². The van der Waals surface area contributed by atoms with Gasteiger partial charge in [0.15, 0.2) is 0 Å². The van der Waals surface area contributed by atoms with Crippen molar-refractivity contribution in [3.8, 4) is 10.6 Å². The number of carbonyl (C=O) groups is 1. The largest absolute Gasteiger partial charge is 0.324 e. The first-order valence-electron chi connectivity index (χ1n) is 6.28. The monoisotopic (exact) mass is 273 g/mol. The molecule has 1 aromatic carbocycles. The van der Waals surface area contributed by atoms with Crippen LogP contribution < -0.4 is 11.1 Å². The van der Waals surface area contributed by atoms with Crippen LogP contribution in [0.1, 0.15) is 19.3 Å². The van der Waals surface area contributed by atoms with Gasteiger partial charge in [-0.3, -0.25) is 4.79 Å². The number of amides is 1. The Bertz CT molecular complexity index is 573. The number of carbonyl (C=O) groups excluding carboxylic acids is 1. The molecular weight excluding hydrogens is 258 g/mol. The van der Waals surface area contributed by atoms with Gasteiger partial charge in [-0.25, -0.2) is 4.98 Å². The Morgan fingerprint density at radius 2 is 2.05 bits per heavy atom. The maximum absolute atomic E-state index is 12.0. The van der Waals surface area contributed by atoms with Gasteiger partial charge in [-0.05, 0) is 43.5 Å². The molecule has 5 heteroatoms. The second-order valence-electron chi connectivity index (χ2n) is 4.88. The van der Waals surface area contributed by atoms with Crippen molar-refractivity contribution < 1.29 is 4.79 Å². The minimum absolute atomic E-state index is 0.0826. The molecule has 1 aliphatic rings. The summed E-state index contributed by atoms with van der Waals surface area (Å²) < 4.78 is 0. The van der Waals surface area contributed by atoms with Gasteiger partial charge in [-0.15, -0.1) is 11.3 Å². The second-order valence-corrected chi connectivity index (χ2v) is 5.77. The number of nitrogens with two attached hydrogens (primary N) is 1. The van der Waals surface area contributed by atoms with Gasteiger partial charge in [0.1, 0.15) is 5.01 Å². The summed E-state index contributed by atoms with van der Waals surface area (Å²) >= 11 is 1.59. The second kappa shape index (κ2) is 4.75. The third-order valence-electron chi connectivity index (χ3n) is 3.52. The van der Waals surface area contributed by atoms with Crippen LogP contribution in [0.3, 0.4) is 0 Å². The van der Waals surface area contributed by atoms with Gasteiger partial charge in [0.25, 0.3) is 0 Å². The number of benzene rings is 1. The van der Waals surface area contributed by atoms with Gasteiger partial charge in [0, 0.05) is 22.8 Å². The molecule has 1 fully saturated rings. The molecule has 1 heterocycles. The van der Waals surface area contributed by atoms with Crippen LogP contribution in [0.2, 0.25) is 0 Å². The lowest BCUT2D eigenvalue weighted by Gasteiger charge is -2.36. The van der Waals surface area contributed by atoms with Gasteiger partial charge in [0.05, 0.1) is 5.54 Å². The molecule has 0 radical (unpaired) electrons. The van der Waals surface area contributed by atoms with Gasteiger partial charge >= 0.3 is 0 Å². The lowest BCUT2D eigenvalue weighted by atomic mass is 9.77. The summed E-state index contributed by atoms with van der Waals surface area (Å²) in [6, 6.07) is 7.68. The maximum atomic E-state index is 12.0. The van der Waals surface area contributed by atoms with Crippen LogP contribution >= 0.6 is 11.3 Å². The number of hydrogen-bond acceptors (Lipinski definition) is 4. The van der Waals surface area contributed by atoms with Gasteiger partial charge < -0.3 is 11.1 Å². The standard InChI is InChI=1S/C14H15N3OS/c15-14(6-1-7-14)13(18)17-11-4-2-10(3-5-11)12-16-8-9-19-12/h2-5,8-9H,1,6-7,15H2,(H,17,18). The molecule has 0 unspecified atom stereocenters. The van der Waals surface area contributed by atoms with Crippen LogP contribution in [0.5, 0.6) is 0 Å². The lowest BCUT2D eigenvalue weighted by Crippen LogP contribution is -2.56. The fraction of sp³-hybridized carbons (Fsp3) is 0.286. The summed E-state index contributed by atoms with van der Waals surface area (Å²) in [5.74, 6) is -0.0826. The highest BCUT2D eigenvalue weighted by molar-refractivity contribution is 7.13. The van der Waals surface area contributed by atoms with Crippen molar-refractivity contribution in [2.45, 2.75) is 24.8 Å². The van der Waals surface area contributed by atoms with Crippen molar-refractivity contribution in [1.29, 1.82) is 0 Å². The summed E-state index contributed by atoms with van der Waals surface area (Å²) in [6.45, 7) is 0. The molecule has 4 nitrogen and oxygen atoms in total. The predicted octanol–water partition coefficient (Wildman–Crippen LogP) is 2.63. The minimum Gasteiger partial charge on any atom is -0.324 e. The Balaban J connectivity index is 1.71. The third kappa shape index (κ3) is 2.39. The molecule has 0 aliphatic heterocycles. The van der Waals surface area contributed by atoms with Crippen molar-refractivity contribution in [2.24, 2.45) is 5.73 Å². The first-order chi connectivity index (χ1) is 9.17. The molecule has 0 saturated heterocycles. The zero-order valence-corrected chi connectivity index (χ0v) is 11.2. The molecule has 3 rings (SSSR count). The lowest BCUT2D eigenvalue weighted by molar-refractivity contribution is -0.123. The molecule has 98 valence electrons. The average Bonchev–Trinajstić information content (AvgIpc) is 2.90. The number of nitrogens with one attached hydrogen (secondary N) is 1.